The van der Waals surface area contributed by atoms with Crippen molar-refractivity contribution in [2.75, 3.05) is 31.1 Å². The molecule has 4 rings (SSSR count). The maximum atomic E-state index is 12.5. The highest BCUT2D eigenvalue weighted by Crippen LogP contribution is 2.39. The van der Waals surface area contributed by atoms with Gasteiger partial charge in [0.05, 0.1) is 6.04 Å². The SMILES string of the molecule is CC(NC(=O)N1CCN(c2cc(C3CC3)[nH]n2)CC1)c1cccnc1. The van der Waals surface area contributed by atoms with Crippen LogP contribution in [0.15, 0.2) is 30.6 Å². The van der Waals surface area contributed by atoms with E-state index in [0.717, 1.165) is 24.5 Å². The van der Waals surface area contributed by atoms with Gasteiger partial charge in [-0.05, 0) is 31.4 Å². The lowest BCUT2D eigenvalue weighted by Crippen LogP contribution is -2.52. The van der Waals surface area contributed by atoms with Gasteiger partial charge in [0.15, 0.2) is 5.82 Å². The smallest absolute Gasteiger partial charge is 0.317 e. The zero-order valence-electron chi connectivity index (χ0n) is 14.5. The quantitative estimate of drug-likeness (QED) is 0.895. The van der Waals surface area contributed by atoms with E-state index in [9.17, 15) is 4.79 Å². The first-order valence-electron chi connectivity index (χ1n) is 8.96. The summed E-state index contributed by atoms with van der Waals surface area (Å²) in [5.74, 6) is 1.69. The van der Waals surface area contributed by atoms with Crippen molar-refractivity contribution in [3.63, 3.8) is 0 Å². The van der Waals surface area contributed by atoms with E-state index < -0.39 is 0 Å². The minimum absolute atomic E-state index is 0.0169. The zero-order valence-corrected chi connectivity index (χ0v) is 14.5. The Morgan fingerprint density at radius 1 is 1.32 bits per heavy atom. The number of aromatic amines is 1. The number of urea groups is 1. The fraction of sp³-hybridized carbons (Fsp3) is 0.500. The molecule has 2 fully saturated rings. The molecule has 1 saturated carbocycles. The number of hydrogen-bond acceptors (Lipinski definition) is 4. The van der Waals surface area contributed by atoms with Crippen molar-refractivity contribution in [2.24, 2.45) is 0 Å². The molecule has 2 N–H and O–H groups in total. The van der Waals surface area contributed by atoms with E-state index in [1.807, 2.05) is 24.0 Å². The summed E-state index contributed by atoms with van der Waals surface area (Å²) in [6.07, 6.45) is 6.06. The lowest BCUT2D eigenvalue weighted by atomic mass is 10.1. The molecular formula is C18H24N6O. The molecule has 0 spiro atoms. The molecule has 0 radical (unpaired) electrons. The number of H-pyrrole nitrogens is 1. The predicted octanol–water partition coefficient (Wildman–Crippen LogP) is 2.27. The van der Waals surface area contributed by atoms with Crippen LogP contribution in [0.3, 0.4) is 0 Å². The summed E-state index contributed by atoms with van der Waals surface area (Å²) in [6, 6.07) is 5.96. The average Bonchev–Trinajstić information content (AvgIpc) is 3.39. The number of hydrogen-bond donors (Lipinski definition) is 2. The maximum Gasteiger partial charge on any atom is 0.317 e. The van der Waals surface area contributed by atoms with Crippen LogP contribution in [0.25, 0.3) is 0 Å². The van der Waals surface area contributed by atoms with E-state index in [2.05, 4.69) is 31.5 Å². The first-order chi connectivity index (χ1) is 12.2. The molecule has 2 aromatic rings. The molecule has 7 nitrogen and oxygen atoms in total. The molecule has 2 amide bonds. The van der Waals surface area contributed by atoms with Gasteiger partial charge in [0.1, 0.15) is 0 Å². The van der Waals surface area contributed by atoms with Gasteiger partial charge in [-0.1, -0.05) is 6.07 Å². The second-order valence-electron chi connectivity index (χ2n) is 6.89. The number of carbonyl (C=O) groups is 1. The Morgan fingerprint density at radius 3 is 2.80 bits per heavy atom. The van der Waals surface area contributed by atoms with E-state index in [1.165, 1.54) is 18.5 Å². The minimum atomic E-state index is -0.0494. The van der Waals surface area contributed by atoms with Crippen LogP contribution in [0.4, 0.5) is 10.6 Å². The van der Waals surface area contributed by atoms with Gasteiger partial charge in [-0.15, -0.1) is 0 Å². The van der Waals surface area contributed by atoms with Crippen molar-refractivity contribution in [3.8, 4) is 0 Å². The van der Waals surface area contributed by atoms with Crippen LogP contribution in [0.1, 0.15) is 43.0 Å². The molecule has 2 aromatic heterocycles. The molecule has 0 aromatic carbocycles. The van der Waals surface area contributed by atoms with Gasteiger partial charge in [-0.2, -0.15) is 5.10 Å². The van der Waals surface area contributed by atoms with Crippen LogP contribution in [-0.4, -0.2) is 52.3 Å². The second-order valence-corrected chi connectivity index (χ2v) is 6.89. The Balaban J connectivity index is 1.29. The molecular weight excluding hydrogens is 316 g/mol. The molecule has 1 aliphatic carbocycles. The van der Waals surface area contributed by atoms with Crippen LogP contribution >= 0.6 is 0 Å². The predicted molar refractivity (Wildman–Crippen MR) is 95.5 cm³/mol. The summed E-state index contributed by atoms with van der Waals surface area (Å²) in [5.41, 5.74) is 2.26. The number of anilines is 1. The number of amides is 2. The molecule has 1 unspecified atom stereocenters. The monoisotopic (exact) mass is 340 g/mol. The van der Waals surface area contributed by atoms with Crippen LogP contribution in [0.5, 0.6) is 0 Å². The van der Waals surface area contributed by atoms with Gasteiger partial charge in [0.2, 0.25) is 0 Å². The van der Waals surface area contributed by atoms with E-state index in [1.54, 1.807) is 12.4 Å². The average molecular weight is 340 g/mol. The lowest BCUT2D eigenvalue weighted by molar-refractivity contribution is 0.191. The third kappa shape index (κ3) is 3.60. The molecule has 1 saturated heterocycles. The number of aromatic nitrogens is 3. The lowest BCUT2D eigenvalue weighted by Gasteiger charge is -2.35. The number of piperazine rings is 1. The van der Waals surface area contributed by atoms with Gasteiger partial charge in [-0.3, -0.25) is 10.1 Å². The van der Waals surface area contributed by atoms with Crippen molar-refractivity contribution < 1.29 is 4.79 Å². The summed E-state index contributed by atoms with van der Waals surface area (Å²) < 4.78 is 0. The molecule has 25 heavy (non-hydrogen) atoms. The Morgan fingerprint density at radius 2 is 2.12 bits per heavy atom. The molecule has 0 bridgehead atoms. The van der Waals surface area contributed by atoms with Crippen molar-refractivity contribution >= 4 is 11.8 Å². The Kier molecular flexibility index (Phi) is 4.29. The summed E-state index contributed by atoms with van der Waals surface area (Å²) >= 11 is 0. The summed E-state index contributed by atoms with van der Waals surface area (Å²) in [4.78, 5) is 20.7. The first-order valence-corrected chi connectivity index (χ1v) is 8.96. The van der Waals surface area contributed by atoms with E-state index in [4.69, 9.17) is 0 Å². The number of pyridine rings is 1. The number of rotatable bonds is 4. The zero-order chi connectivity index (χ0) is 17.2. The third-order valence-corrected chi connectivity index (χ3v) is 5.02. The first kappa shape index (κ1) is 15.9. The largest absolute Gasteiger partial charge is 0.352 e. The fourth-order valence-corrected chi connectivity index (χ4v) is 3.22. The minimum Gasteiger partial charge on any atom is -0.352 e. The third-order valence-electron chi connectivity index (χ3n) is 5.02. The fourth-order valence-electron chi connectivity index (χ4n) is 3.22. The van der Waals surface area contributed by atoms with Crippen LogP contribution in [0, 0.1) is 0 Å². The highest BCUT2D eigenvalue weighted by Gasteiger charge is 2.28. The molecule has 2 aliphatic rings. The number of nitrogens with zero attached hydrogens (tertiary/aromatic N) is 4. The van der Waals surface area contributed by atoms with Crippen molar-refractivity contribution in [3.05, 3.63) is 41.9 Å². The van der Waals surface area contributed by atoms with Crippen LogP contribution in [0.2, 0.25) is 0 Å². The number of carbonyl (C=O) groups excluding carboxylic acids is 1. The highest BCUT2D eigenvalue weighted by molar-refractivity contribution is 5.75. The van der Waals surface area contributed by atoms with Crippen molar-refractivity contribution in [1.82, 2.24) is 25.4 Å². The Hall–Kier alpha value is -2.57. The van der Waals surface area contributed by atoms with E-state index in [-0.39, 0.29) is 12.1 Å². The standard InChI is InChI=1S/C18H24N6O/c1-13(15-3-2-6-19-12-15)20-18(25)24-9-7-23(8-10-24)17-11-16(21-22-17)14-4-5-14/h2-3,6,11-14H,4-5,7-10H2,1H3,(H,20,25)(H,21,22). The molecule has 3 heterocycles. The molecule has 132 valence electrons. The van der Waals surface area contributed by atoms with Gasteiger partial charge in [-0.25, -0.2) is 4.79 Å². The van der Waals surface area contributed by atoms with E-state index >= 15 is 0 Å². The normalized spacial score (nSPS) is 18.9. The van der Waals surface area contributed by atoms with Crippen LogP contribution in [-0.2, 0) is 0 Å². The van der Waals surface area contributed by atoms with Gasteiger partial charge in [0.25, 0.3) is 0 Å². The van der Waals surface area contributed by atoms with Crippen molar-refractivity contribution in [1.29, 1.82) is 0 Å². The summed E-state index contributed by atoms with van der Waals surface area (Å²) in [5, 5.41) is 10.6. The molecule has 1 aliphatic heterocycles. The highest BCUT2D eigenvalue weighted by atomic mass is 16.2. The van der Waals surface area contributed by atoms with E-state index in [0.29, 0.717) is 19.0 Å². The van der Waals surface area contributed by atoms with Crippen molar-refractivity contribution in [2.45, 2.75) is 31.7 Å². The molecule has 1 atom stereocenters. The topological polar surface area (TPSA) is 77.2 Å². The van der Waals surface area contributed by atoms with Gasteiger partial charge >= 0.3 is 6.03 Å². The Labute approximate surface area is 147 Å². The number of nitrogens with one attached hydrogen (secondary N) is 2. The molecule has 7 heteroatoms. The Bertz CT molecular complexity index is 718. The van der Waals surface area contributed by atoms with Gasteiger partial charge in [0, 0.05) is 56.3 Å². The summed E-state index contributed by atoms with van der Waals surface area (Å²) in [7, 11) is 0. The second kappa shape index (κ2) is 6.74. The maximum absolute atomic E-state index is 12.5. The van der Waals surface area contributed by atoms with Crippen LogP contribution < -0.4 is 10.2 Å². The van der Waals surface area contributed by atoms with Gasteiger partial charge < -0.3 is 15.1 Å². The summed E-state index contributed by atoms with van der Waals surface area (Å²) in [6.45, 7) is 5.01.